The highest BCUT2D eigenvalue weighted by atomic mass is 19.3. The number of nitrogens with zero attached hydrogens (tertiary/aromatic N) is 2. The van der Waals surface area contributed by atoms with Crippen LogP contribution in [0.3, 0.4) is 0 Å². The lowest BCUT2D eigenvalue weighted by Crippen LogP contribution is -2.49. The number of alkyl halides is 3. The molecule has 0 aromatic heterocycles. The number of rotatable bonds is 9. The van der Waals surface area contributed by atoms with Crippen molar-refractivity contribution in [2.75, 3.05) is 46.0 Å². The minimum Gasteiger partial charge on any atom is -0.492 e. The summed E-state index contributed by atoms with van der Waals surface area (Å²) < 4.78 is 46.2. The van der Waals surface area contributed by atoms with E-state index in [4.69, 9.17) is 4.74 Å². The summed E-state index contributed by atoms with van der Waals surface area (Å²) in [7, 11) is 0. The Hall–Kier alpha value is -2.09. The van der Waals surface area contributed by atoms with E-state index in [9.17, 15) is 18.3 Å². The molecule has 7 heteroatoms. The zero-order chi connectivity index (χ0) is 22.7. The van der Waals surface area contributed by atoms with Gasteiger partial charge in [-0.1, -0.05) is 30.3 Å². The summed E-state index contributed by atoms with van der Waals surface area (Å²) in [6, 6.07) is 13.2. The van der Waals surface area contributed by atoms with E-state index >= 15 is 0 Å². The molecule has 2 aromatic rings. The smallest absolute Gasteiger partial charge is 0.257 e. The summed E-state index contributed by atoms with van der Waals surface area (Å²) in [6.07, 6.45) is 0.677. The van der Waals surface area contributed by atoms with E-state index in [0.29, 0.717) is 19.6 Å². The van der Waals surface area contributed by atoms with Gasteiger partial charge in [0.25, 0.3) is 5.92 Å². The second-order valence-corrected chi connectivity index (χ2v) is 9.08. The number of ether oxygens (including phenoxy) is 1. The van der Waals surface area contributed by atoms with E-state index in [1.807, 2.05) is 47.4 Å². The second kappa shape index (κ2) is 9.81. The highest BCUT2D eigenvalue weighted by Crippen LogP contribution is 2.37. The molecule has 32 heavy (non-hydrogen) atoms. The quantitative estimate of drug-likeness (QED) is 0.628. The lowest BCUT2D eigenvalue weighted by Gasteiger charge is -2.39. The van der Waals surface area contributed by atoms with Gasteiger partial charge in [-0.2, -0.15) is 0 Å². The number of halogens is 3. The third-order valence-electron chi connectivity index (χ3n) is 6.32. The molecule has 1 fully saturated rings. The topological polar surface area (TPSA) is 35.9 Å². The Morgan fingerprint density at radius 1 is 1.12 bits per heavy atom. The molecule has 0 saturated carbocycles. The first-order chi connectivity index (χ1) is 15.4. The summed E-state index contributed by atoms with van der Waals surface area (Å²) in [5.41, 5.74) is 3.87. The summed E-state index contributed by atoms with van der Waals surface area (Å²) in [4.78, 5) is 4.00. The maximum atomic E-state index is 13.9. The van der Waals surface area contributed by atoms with Crippen molar-refractivity contribution in [1.29, 1.82) is 0 Å². The van der Waals surface area contributed by atoms with Crippen LogP contribution in [-0.4, -0.2) is 66.8 Å². The monoisotopic (exact) mass is 448 g/mol. The van der Waals surface area contributed by atoms with Crippen LogP contribution in [0.5, 0.6) is 5.75 Å². The van der Waals surface area contributed by atoms with Crippen molar-refractivity contribution in [2.24, 2.45) is 5.92 Å². The van der Waals surface area contributed by atoms with Gasteiger partial charge in [-0.15, -0.1) is 0 Å². The molecule has 0 radical (unpaired) electrons. The van der Waals surface area contributed by atoms with Crippen LogP contribution in [-0.2, 0) is 13.0 Å². The van der Waals surface area contributed by atoms with Crippen molar-refractivity contribution in [1.82, 2.24) is 9.80 Å². The zero-order valence-corrected chi connectivity index (χ0v) is 18.4. The van der Waals surface area contributed by atoms with Gasteiger partial charge >= 0.3 is 0 Å². The van der Waals surface area contributed by atoms with Crippen LogP contribution >= 0.6 is 0 Å². The van der Waals surface area contributed by atoms with Crippen molar-refractivity contribution in [3.05, 3.63) is 64.7 Å². The number of aliphatic hydroxyl groups is 1. The summed E-state index contributed by atoms with van der Waals surface area (Å²) in [5, 5.41) is 9.46. The number of aliphatic hydroxyl groups excluding tert-OH is 1. The highest BCUT2D eigenvalue weighted by Gasteiger charge is 2.34. The molecule has 1 saturated heterocycles. The fraction of sp³-hybridized carbons (Fsp3) is 0.520. The molecule has 0 aliphatic carbocycles. The molecule has 174 valence electrons. The molecule has 4 rings (SSSR count). The van der Waals surface area contributed by atoms with Gasteiger partial charge in [-0.3, -0.25) is 14.2 Å². The molecule has 1 atom stereocenters. The highest BCUT2D eigenvalue weighted by molar-refractivity contribution is 5.43. The average molecular weight is 449 g/mol. The van der Waals surface area contributed by atoms with Crippen molar-refractivity contribution >= 4 is 0 Å². The van der Waals surface area contributed by atoms with E-state index in [-0.39, 0.29) is 31.8 Å². The van der Waals surface area contributed by atoms with Gasteiger partial charge in [0.1, 0.15) is 12.4 Å². The number of likely N-dealkylation sites (tertiary alicyclic amines) is 1. The van der Waals surface area contributed by atoms with E-state index in [0.717, 1.165) is 54.6 Å². The van der Waals surface area contributed by atoms with Crippen LogP contribution in [0.2, 0.25) is 0 Å². The minimum atomic E-state index is -2.79. The van der Waals surface area contributed by atoms with Crippen LogP contribution in [0.25, 0.3) is 0 Å². The van der Waals surface area contributed by atoms with Crippen LogP contribution < -0.4 is 4.74 Å². The Balaban J connectivity index is 1.47. The largest absolute Gasteiger partial charge is 0.492 e. The predicted octanol–water partition coefficient (Wildman–Crippen LogP) is 4.06. The van der Waals surface area contributed by atoms with Gasteiger partial charge in [-0.05, 0) is 40.8 Å². The van der Waals surface area contributed by atoms with Gasteiger partial charge < -0.3 is 9.84 Å². The molecular weight excluding hydrogens is 417 g/mol. The third kappa shape index (κ3) is 5.45. The minimum absolute atomic E-state index is 0.0351. The summed E-state index contributed by atoms with van der Waals surface area (Å²) in [5.74, 6) is -1.89. The summed E-state index contributed by atoms with van der Waals surface area (Å²) >= 11 is 0. The van der Waals surface area contributed by atoms with Crippen LogP contribution in [0.1, 0.15) is 35.2 Å². The van der Waals surface area contributed by atoms with E-state index in [1.165, 1.54) is 0 Å². The van der Waals surface area contributed by atoms with Crippen molar-refractivity contribution in [2.45, 2.75) is 31.9 Å². The SMILES string of the molecule is CC(F)(F)CN1CCc2cc(CO)ccc2[C@H]1c1ccc(OCCN2CC(CF)C2)cc1. The number of fused-ring (bicyclic) bond motifs is 1. The average Bonchev–Trinajstić information content (AvgIpc) is 2.74. The van der Waals surface area contributed by atoms with Crippen molar-refractivity contribution in [3.8, 4) is 5.75 Å². The molecule has 2 aliphatic heterocycles. The first kappa shape index (κ1) is 23.1. The molecule has 4 nitrogen and oxygen atoms in total. The predicted molar refractivity (Wildman–Crippen MR) is 118 cm³/mol. The molecule has 0 amide bonds. The van der Waals surface area contributed by atoms with E-state index in [2.05, 4.69) is 4.90 Å². The summed E-state index contributed by atoms with van der Waals surface area (Å²) in [6.45, 7) is 3.75. The van der Waals surface area contributed by atoms with Gasteiger partial charge in [0.2, 0.25) is 0 Å². The number of hydrogen-bond donors (Lipinski definition) is 1. The number of benzene rings is 2. The molecular formula is C25H31F3N2O2. The van der Waals surface area contributed by atoms with Crippen LogP contribution in [0, 0.1) is 5.92 Å². The number of hydrogen-bond acceptors (Lipinski definition) is 4. The Morgan fingerprint density at radius 2 is 1.88 bits per heavy atom. The van der Waals surface area contributed by atoms with Gasteiger partial charge in [0.05, 0.1) is 25.9 Å². The van der Waals surface area contributed by atoms with Crippen molar-refractivity contribution in [3.63, 3.8) is 0 Å². The third-order valence-corrected chi connectivity index (χ3v) is 6.32. The van der Waals surface area contributed by atoms with Crippen molar-refractivity contribution < 1.29 is 23.0 Å². The van der Waals surface area contributed by atoms with Gasteiger partial charge in [0.15, 0.2) is 0 Å². The Bertz CT molecular complexity index is 895. The van der Waals surface area contributed by atoms with E-state index < -0.39 is 5.92 Å². The fourth-order valence-corrected chi connectivity index (χ4v) is 4.74. The van der Waals surface area contributed by atoms with Gasteiger partial charge in [0, 0.05) is 39.0 Å². The zero-order valence-electron chi connectivity index (χ0n) is 18.4. The van der Waals surface area contributed by atoms with E-state index in [1.54, 1.807) is 0 Å². The normalized spacial score (nSPS) is 20.1. The second-order valence-electron chi connectivity index (χ2n) is 9.08. The molecule has 0 unspecified atom stereocenters. The Kier molecular flexibility index (Phi) is 7.08. The Labute approximate surface area is 187 Å². The first-order valence-corrected chi connectivity index (χ1v) is 11.2. The first-order valence-electron chi connectivity index (χ1n) is 11.2. The Morgan fingerprint density at radius 3 is 2.53 bits per heavy atom. The van der Waals surface area contributed by atoms with Crippen LogP contribution in [0.4, 0.5) is 13.2 Å². The molecule has 2 aliphatic rings. The lowest BCUT2D eigenvalue weighted by atomic mass is 9.87. The molecule has 2 aromatic carbocycles. The maximum absolute atomic E-state index is 13.9. The maximum Gasteiger partial charge on any atom is 0.257 e. The molecule has 1 N–H and O–H groups in total. The fourth-order valence-electron chi connectivity index (χ4n) is 4.74. The van der Waals surface area contributed by atoms with Crippen LogP contribution in [0.15, 0.2) is 42.5 Å². The standard InChI is InChI=1S/C25H31F3N2O2/c1-25(27,28)17-30-9-8-21-12-18(16-31)2-7-23(21)24(30)20-3-5-22(6-4-20)32-11-10-29-14-19(13-26)15-29/h2-7,12,19,24,31H,8-11,13-17H2,1H3/t24-/m1/s1. The molecule has 0 spiro atoms. The lowest BCUT2D eigenvalue weighted by molar-refractivity contribution is -0.0238. The molecule has 0 bridgehead atoms. The van der Waals surface area contributed by atoms with Gasteiger partial charge in [-0.25, -0.2) is 8.78 Å². The molecule has 2 heterocycles.